The summed E-state index contributed by atoms with van der Waals surface area (Å²) in [4.78, 5) is 4.71. The van der Waals surface area contributed by atoms with Gasteiger partial charge in [-0.3, -0.25) is 9.80 Å². The molecule has 0 radical (unpaired) electrons. The molecule has 0 spiro atoms. The number of β-amino-alcohol motifs (C(OH)–C–C–N with tert-alkyl or cyclic N) is 2. The molecule has 0 aromatic heterocycles. The lowest BCUT2D eigenvalue weighted by atomic mass is 10.1. The smallest absolute Gasteiger partial charge is 0.0916 e. The zero-order valence-corrected chi connectivity index (χ0v) is 13.2. The molecule has 1 aromatic carbocycles. The third-order valence-electron chi connectivity index (χ3n) is 4.27. The number of nitrogens with zero attached hydrogens (tertiary/aromatic N) is 2. The number of aliphatic hydroxyl groups excluding tert-OH is 2. The van der Waals surface area contributed by atoms with Crippen LogP contribution in [0.2, 0.25) is 0 Å². The summed E-state index contributed by atoms with van der Waals surface area (Å²) in [7, 11) is 0. The number of hydrogen-bond donors (Lipinski definition) is 2. The van der Waals surface area contributed by atoms with E-state index in [2.05, 4.69) is 16.7 Å². The van der Waals surface area contributed by atoms with Crippen molar-refractivity contribution >= 4 is 0 Å². The van der Waals surface area contributed by atoms with Gasteiger partial charge in [0.05, 0.1) is 12.2 Å². The molecule has 2 N–H and O–H groups in total. The third kappa shape index (κ3) is 4.78. The summed E-state index contributed by atoms with van der Waals surface area (Å²) < 4.78 is 0. The number of hydrogen-bond acceptors (Lipinski definition) is 4. The first-order chi connectivity index (χ1) is 10.1. The van der Waals surface area contributed by atoms with Crippen LogP contribution in [0.25, 0.3) is 0 Å². The molecule has 1 aliphatic heterocycles. The van der Waals surface area contributed by atoms with Crippen LogP contribution in [0.4, 0.5) is 0 Å². The molecule has 21 heavy (non-hydrogen) atoms. The van der Waals surface area contributed by atoms with Crippen molar-refractivity contribution in [1.29, 1.82) is 0 Å². The van der Waals surface area contributed by atoms with E-state index in [0.717, 1.165) is 38.2 Å². The fourth-order valence-electron chi connectivity index (χ4n) is 3.12. The van der Waals surface area contributed by atoms with Gasteiger partial charge in [0.1, 0.15) is 0 Å². The number of piperazine rings is 1. The lowest BCUT2D eigenvalue weighted by Crippen LogP contribution is -2.55. The molecule has 0 aliphatic carbocycles. The van der Waals surface area contributed by atoms with E-state index in [0.29, 0.717) is 12.6 Å². The second-order valence-electron chi connectivity index (χ2n) is 6.09. The van der Waals surface area contributed by atoms with Crippen molar-refractivity contribution in [1.82, 2.24) is 9.80 Å². The van der Waals surface area contributed by atoms with Crippen molar-refractivity contribution < 1.29 is 10.2 Å². The van der Waals surface area contributed by atoms with Gasteiger partial charge in [-0.1, -0.05) is 37.3 Å². The molecule has 1 aromatic rings. The lowest BCUT2D eigenvalue weighted by molar-refractivity contribution is 0.0170. The lowest BCUT2D eigenvalue weighted by Gasteiger charge is -2.42. The molecule has 1 fully saturated rings. The largest absolute Gasteiger partial charge is 0.392 e. The number of benzene rings is 1. The minimum atomic E-state index is -0.424. The van der Waals surface area contributed by atoms with E-state index in [4.69, 9.17) is 0 Å². The van der Waals surface area contributed by atoms with Gasteiger partial charge in [-0.05, 0) is 18.9 Å². The van der Waals surface area contributed by atoms with Crippen LogP contribution in [0.1, 0.15) is 31.9 Å². The third-order valence-corrected chi connectivity index (χ3v) is 4.27. The van der Waals surface area contributed by atoms with Crippen LogP contribution in [0.3, 0.4) is 0 Å². The van der Waals surface area contributed by atoms with E-state index < -0.39 is 6.10 Å². The van der Waals surface area contributed by atoms with Crippen molar-refractivity contribution in [3.05, 3.63) is 35.9 Å². The second-order valence-corrected chi connectivity index (χ2v) is 6.09. The zero-order chi connectivity index (χ0) is 15.2. The van der Waals surface area contributed by atoms with E-state index >= 15 is 0 Å². The summed E-state index contributed by atoms with van der Waals surface area (Å²) in [6.45, 7) is 8.34. The van der Waals surface area contributed by atoms with Crippen LogP contribution in [-0.4, -0.2) is 64.9 Å². The van der Waals surface area contributed by atoms with Gasteiger partial charge in [0.25, 0.3) is 0 Å². The van der Waals surface area contributed by atoms with Crippen molar-refractivity contribution in [2.75, 3.05) is 32.7 Å². The maximum Gasteiger partial charge on any atom is 0.0916 e. The molecule has 0 saturated carbocycles. The molecule has 3 unspecified atom stereocenters. The van der Waals surface area contributed by atoms with Gasteiger partial charge in [-0.15, -0.1) is 0 Å². The first-order valence-corrected chi connectivity index (χ1v) is 7.97. The Labute approximate surface area is 128 Å². The Kier molecular flexibility index (Phi) is 6.18. The predicted molar refractivity (Wildman–Crippen MR) is 85.2 cm³/mol. The maximum absolute atomic E-state index is 10.3. The van der Waals surface area contributed by atoms with E-state index in [9.17, 15) is 10.2 Å². The fourth-order valence-corrected chi connectivity index (χ4v) is 3.12. The summed E-state index contributed by atoms with van der Waals surface area (Å²) >= 11 is 0. The Morgan fingerprint density at radius 3 is 2.48 bits per heavy atom. The molecule has 1 aliphatic rings. The molecule has 118 valence electrons. The van der Waals surface area contributed by atoms with E-state index in [1.165, 1.54) is 0 Å². The van der Waals surface area contributed by atoms with Crippen LogP contribution in [0, 0.1) is 0 Å². The van der Waals surface area contributed by atoms with Gasteiger partial charge in [-0.2, -0.15) is 0 Å². The average molecular weight is 292 g/mol. The topological polar surface area (TPSA) is 46.9 Å². The van der Waals surface area contributed by atoms with Gasteiger partial charge in [-0.25, -0.2) is 0 Å². The van der Waals surface area contributed by atoms with Crippen LogP contribution < -0.4 is 0 Å². The Balaban J connectivity index is 1.88. The van der Waals surface area contributed by atoms with E-state index in [-0.39, 0.29) is 6.10 Å². The van der Waals surface area contributed by atoms with Crippen molar-refractivity contribution in [3.63, 3.8) is 0 Å². The highest BCUT2D eigenvalue weighted by Gasteiger charge is 2.27. The van der Waals surface area contributed by atoms with Crippen molar-refractivity contribution in [2.24, 2.45) is 0 Å². The second kappa shape index (κ2) is 7.90. The highest BCUT2D eigenvalue weighted by atomic mass is 16.3. The van der Waals surface area contributed by atoms with Crippen LogP contribution >= 0.6 is 0 Å². The standard InChI is InChI=1S/C17H28N2O2/c1-3-16-12-18(9-10-19(16)11-14(2)20)13-17(21)15-7-5-4-6-8-15/h4-8,14,16-17,20-21H,3,9-13H2,1-2H3. The molecular weight excluding hydrogens is 264 g/mol. The van der Waals surface area contributed by atoms with Gasteiger partial charge in [0.15, 0.2) is 0 Å². The van der Waals surface area contributed by atoms with Crippen molar-refractivity contribution in [3.8, 4) is 0 Å². The normalized spacial score (nSPS) is 23.9. The number of rotatable bonds is 6. The molecule has 0 bridgehead atoms. The summed E-state index contributed by atoms with van der Waals surface area (Å²) in [6, 6.07) is 10.3. The summed E-state index contributed by atoms with van der Waals surface area (Å²) in [5.74, 6) is 0. The molecule has 2 rings (SSSR count). The molecular formula is C17H28N2O2. The first-order valence-electron chi connectivity index (χ1n) is 7.97. The summed E-state index contributed by atoms with van der Waals surface area (Å²) in [5, 5.41) is 19.9. The van der Waals surface area contributed by atoms with Crippen LogP contribution in [0.15, 0.2) is 30.3 Å². The Morgan fingerprint density at radius 1 is 1.14 bits per heavy atom. The van der Waals surface area contributed by atoms with Crippen molar-refractivity contribution in [2.45, 2.75) is 38.5 Å². The van der Waals surface area contributed by atoms with Gasteiger partial charge >= 0.3 is 0 Å². The Hall–Kier alpha value is -0.940. The minimum Gasteiger partial charge on any atom is -0.392 e. The summed E-state index contributed by atoms with van der Waals surface area (Å²) in [5.41, 5.74) is 0.983. The maximum atomic E-state index is 10.3. The van der Waals surface area contributed by atoms with Gasteiger partial charge < -0.3 is 10.2 Å². The minimum absolute atomic E-state index is 0.277. The summed E-state index contributed by atoms with van der Waals surface area (Å²) in [6.07, 6.45) is 0.373. The highest BCUT2D eigenvalue weighted by molar-refractivity contribution is 5.17. The monoisotopic (exact) mass is 292 g/mol. The Morgan fingerprint density at radius 2 is 1.86 bits per heavy atom. The zero-order valence-electron chi connectivity index (χ0n) is 13.2. The molecule has 4 heteroatoms. The molecule has 4 nitrogen and oxygen atoms in total. The molecule has 0 amide bonds. The quantitative estimate of drug-likeness (QED) is 0.834. The highest BCUT2D eigenvalue weighted by Crippen LogP contribution is 2.18. The molecule has 1 saturated heterocycles. The predicted octanol–water partition coefficient (Wildman–Crippen LogP) is 1.50. The van der Waals surface area contributed by atoms with Gasteiger partial charge in [0.2, 0.25) is 0 Å². The van der Waals surface area contributed by atoms with Crippen LogP contribution in [0.5, 0.6) is 0 Å². The molecule has 1 heterocycles. The fraction of sp³-hybridized carbons (Fsp3) is 0.647. The van der Waals surface area contributed by atoms with Crippen LogP contribution in [-0.2, 0) is 0 Å². The first kappa shape index (κ1) is 16.4. The van der Waals surface area contributed by atoms with E-state index in [1.54, 1.807) is 0 Å². The van der Waals surface area contributed by atoms with E-state index in [1.807, 2.05) is 37.3 Å². The average Bonchev–Trinajstić information content (AvgIpc) is 2.49. The molecule has 3 atom stereocenters. The van der Waals surface area contributed by atoms with Gasteiger partial charge in [0, 0.05) is 38.8 Å². The Bertz CT molecular complexity index is 411. The number of aliphatic hydroxyl groups is 2. The SMILES string of the molecule is CCC1CN(CC(O)c2ccccc2)CCN1CC(C)O.